The minimum absolute atomic E-state index is 0.00480. The molecule has 5 rings (SSSR count). The molecule has 0 spiro atoms. The van der Waals surface area contributed by atoms with Gasteiger partial charge in [0, 0.05) is 29.3 Å². The van der Waals surface area contributed by atoms with Gasteiger partial charge in [-0.05, 0) is 91.9 Å². The second-order valence-electron chi connectivity index (χ2n) is 10.6. The zero-order chi connectivity index (χ0) is 23.3. The highest BCUT2D eigenvalue weighted by Crippen LogP contribution is 2.62. The number of carbonyl (C=O) groups is 2. The van der Waals surface area contributed by atoms with Gasteiger partial charge in [-0.15, -0.1) is 11.3 Å². The number of hydrogen-bond acceptors (Lipinski definition) is 5. The number of carbonyl (C=O) groups excluding carboxylic acids is 2. The highest BCUT2D eigenvalue weighted by atomic mass is 32.1. The number of anilines is 1. The van der Waals surface area contributed by atoms with Crippen LogP contribution in [0.5, 0.6) is 5.75 Å². The molecule has 0 radical (unpaired) electrons. The van der Waals surface area contributed by atoms with Crippen molar-refractivity contribution in [2.75, 3.05) is 5.32 Å². The first kappa shape index (κ1) is 22.6. The minimum Gasteiger partial charge on any atom is -0.508 e. The highest BCUT2D eigenvalue weighted by molar-refractivity contribution is 7.15. The maximum Gasteiger partial charge on any atom is 0.226 e. The topological polar surface area (TPSA) is 79.3 Å². The number of nitrogens with one attached hydrogen (secondary N) is 1. The van der Waals surface area contributed by atoms with Crippen molar-refractivity contribution in [1.82, 2.24) is 4.98 Å². The van der Waals surface area contributed by atoms with E-state index in [0.717, 1.165) is 49.0 Å². The molecule has 2 N–H and O–H groups in total. The summed E-state index contributed by atoms with van der Waals surface area (Å²) in [7, 11) is 0. The van der Waals surface area contributed by atoms with Gasteiger partial charge in [0.05, 0.1) is 0 Å². The Balaban J connectivity index is 1.35. The number of nitrogens with zero attached hydrogens (tertiary/aromatic N) is 1. The number of aromatic nitrogens is 1. The maximum atomic E-state index is 13.2. The third-order valence-corrected chi connectivity index (χ3v) is 9.59. The van der Waals surface area contributed by atoms with E-state index in [0.29, 0.717) is 47.3 Å². The van der Waals surface area contributed by atoms with Crippen LogP contribution in [0, 0.1) is 30.1 Å². The largest absolute Gasteiger partial charge is 0.508 e. The van der Waals surface area contributed by atoms with E-state index in [4.69, 9.17) is 0 Å². The predicted octanol–water partition coefficient (Wildman–Crippen LogP) is 5.79. The zero-order valence-electron chi connectivity index (χ0n) is 19.8. The molecule has 3 aliphatic carbocycles. The predicted molar refractivity (Wildman–Crippen MR) is 131 cm³/mol. The Kier molecular flexibility index (Phi) is 5.84. The molecule has 0 saturated heterocycles. The van der Waals surface area contributed by atoms with Crippen LogP contribution >= 0.6 is 11.3 Å². The number of Topliss-reactive ketones (excluding diaryl/α,β-unsaturated/α-hetero) is 1. The van der Waals surface area contributed by atoms with Gasteiger partial charge in [0.2, 0.25) is 5.91 Å². The monoisotopic (exact) mass is 466 g/mol. The van der Waals surface area contributed by atoms with E-state index in [1.165, 1.54) is 22.5 Å². The molecule has 6 heteroatoms. The number of ketones is 1. The number of benzene rings is 1. The lowest BCUT2D eigenvalue weighted by molar-refractivity contribution is -0.129. The van der Waals surface area contributed by atoms with Crippen LogP contribution in [-0.4, -0.2) is 21.8 Å². The fourth-order valence-electron chi connectivity index (χ4n) is 7.17. The molecule has 2 saturated carbocycles. The molecule has 1 aromatic heterocycles. The van der Waals surface area contributed by atoms with Gasteiger partial charge in [0.15, 0.2) is 5.13 Å². The molecule has 3 aliphatic rings. The van der Waals surface area contributed by atoms with Crippen molar-refractivity contribution in [1.29, 1.82) is 0 Å². The number of phenolic OH excluding ortho intramolecular Hbond substituents is 1. The van der Waals surface area contributed by atoms with E-state index in [1.54, 1.807) is 6.20 Å². The lowest BCUT2D eigenvalue weighted by Gasteiger charge is -2.50. The molecular formula is C27H34N2O3S. The van der Waals surface area contributed by atoms with Gasteiger partial charge in [0.25, 0.3) is 0 Å². The Hall–Kier alpha value is -2.21. The van der Waals surface area contributed by atoms with Gasteiger partial charge >= 0.3 is 0 Å². The van der Waals surface area contributed by atoms with Crippen LogP contribution in [0.1, 0.15) is 79.9 Å². The molecule has 1 heterocycles. The van der Waals surface area contributed by atoms with Crippen molar-refractivity contribution in [2.45, 2.75) is 78.1 Å². The number of amides is 1. The molecular weight excluding hydrogens is 432 g/mol. The molecule has 1 amide bonds. The zero-order valence-corrected chi connectivity index (χ0v) is 20.6. The van der Waals surface area contributed by atoms with Crippen molar-refractivity contribution >= 4 is 28.2 Å². The van der Waals surface area contributed by atoms with Gasteiger partial charge in [-0.25, -0.2) is 4.98 Å². The molecule has 5 nitrogen and oxygen atoms in total. The smallest absolute Gasteiger partial charge is 0.226 e. The summed E-state index contributed by atoms with van der Waals surface area (Å²) in [6, 6.07) is 4.22. The Morgan fingerprint density at radius 2 is 2.15 bits per heavy atom. The fourth-order valence-corrected chi connectivity index (χ4v) is 7.85. The van der Waals surface area contributed by atoms with Gasteiger partial charge in [-0.1, -0.05) is 19.9 Å². The average Bonchev–Trinajstić information content (AvgIpc) is 3.31. The van der Waals surface area contributed by atoms with Crippen LogP contribution in [0.2, 0.25) is 0 Å². The Morgan fingerprint density at radius 1 is 1.33 bits per heavy atom. The van der Waals surface area contributed by atoms with E-state index in [1.807, 2.05) is 13.0 Å². The van der Waals surface area contributed by atoms with Crippen LogP contribution < -0.4 is 5.32 Å². The Labute approximate surface area is 200 Å². The third-order valence-electron chi connectivity index (χ3n) is 8.76. The van der Waals surface area contributed by atoms with Gasteiger partial charge in [0.1, 0.15) is 11.5 Å². The molecule has 5 unspecified atom stereocenters. The second-order valence-corrected chi connectivity index (χ2v) is 11.8. The quantitative estimate of drug-likeness (QED) is 0.585. The van der Waals surface area contributed by atoms with Crippen LogP contribution in [0.25, 0.3) is 0 Å². The number of hydrogen-bond donors (Lipinski definition) is 2. The van der Waals surface area contributed by atoms with Crippen LogP contribution in [-0.2, 0) is 22.4 Å². The molecule has 0 aliphatic heterocycles. The number of aryl methyl sites for hydroxylation is 3. The van der Waals surface area contributed by atoms with Gasteiger partial charge in [-0.3, -0.25) is 9.59 Å². The first-order valence-electron chi connectivity index (χ1n) is 12.4. The van der Waals surface area contributed by atoms with E-state index in [9.17, 15) is 14.7 Å². The molecule has 176 valence electrons. The van der Waals surface area contributed by atoms with Crippen LogP contribution in [0.4, 0.5) is 5.13 Å². The lowest BCUT2D eigenvalue weighted by atomic mass is 9.54. The van der Waals surface area contributed by atoms with E-state index in [-0.39, 0.29) is 17.2 Å². The third kappa shape index (κ3) is 3.90. The summed E-state index contributed by atoms with van der Waals surface area (Å²) in [5.41, 5.74) is 3.46. The number of rotatable bonds is 5. The summed E-state index contributed by atoms with van der Waals surface area (Å²) in [5.74, 6) is 2.36. The number of aromatic hydroxyl groups is 1. The van der Waals surface area contributed by atoms with Crippen molar-refractivity contribution < 1.29 is 14.7 Å². The molecule has 0 bridgehead atoms. The summed E-state index contributed by atoms with van der Waals surface area (Å²) in [6.45, 7) is 6.26. The number of phenols is 1. The fraction of sp³-hybridized carbons (Fsp3) is 0.593. The van der Waals surface area contributed by atoms with Crippen molar-refractivity contribution in [3.05, 3.63) is 39.9 Å². The van der Waals surface area contributed by atoms with Crippen LogP contribution in [0.15, 0.2) is 18.3 Å². The van der Waals surface area contributed by atoms with Crippen molar-refractivity contribution in [2.24, 2.45) is 23.2 Å². The van der Waals surface area contributed by atoms with Gasteiger partial charge < -0.3 is 10.4 Å². The molecule has 2 aromatic rings. The molecule has 2 fully saturated rings. The highest BCUT2D eigenvalue weighted by Gasteiger charge is 2.58. The summed E-state index contributed by atoms with van der Waals surface area (Å²) < 4.78 is 0. The Morgan fingerprint density at radius 3 is 2.88 bits per heavy atom. The standard InChI is InChI=1S/C27H34N2O3S/c1-4-16-11-21-17(12-22(16)30)5-7-20-19(21)9-10-27(3)23(31)13-18(25(20)27)6-8-24(32)29-26-28-14-15(2)33-26/h11-12,14,18-20,25,30H,4-10,13H2,1-3H3,(H,28,29,32). The summed E-state index contributed by atoms with van der Waals surface area (Å²) >= 11 is 1.49. The SMILES string of the molecule is CCc1cc2c(cc1O)CCC1C2CCC2(C)C(=O)CC(CCC(=O)Nc3ncc(C)s3)C12. The molecule has 5 atom stereocenters. The first-order valence-corrected chi connectivity index (χ1v) is 13.2. The summed E-state index contributed by atoms with van der Waals surface area (Å²) in [6.07, 6.45) is 8.40. The second kappa shape index (κ2) is 8.53. The van der Waals surface area contributed by atoms with Crippen LogP contribution in [0.3, 0.4) is 0 Å². The average molecular weight is 467 g/mol. The molecule has 1 aromatic carbocycles. The van der Waals surface area contributed by atoms with E-state index < -0.39 is 0 Å². The first-order chi connectivity index (χ1) is 15.8. The lowest BCUT2D eigenvalue weighted by Crippen LogP contribution is -2.44. The van der Waals surface area contributed by atoms with E-state index in [2.05, 4.69) is 30.2 Å². The normalized spacial score (nSPS) is 30.5. The number of fused-ring (bicyclic) bond motifs is 5. The summed E-state index contributed by atoms with van der Waals surface area (Å²) in [5, 5.41) is 14.0. The number of thiazole rings is 1. The van der Waals surface area contributed by atoms with Crippen molar-refractivity contribution in [3.8, 4) is 5.75 Å². The molecule has 33 heavy (non-hydrogen) atoms. The summed E-state index contributed by atoms with van der Waals surface area (Å²) in [4.78, 5) is 31.1. The van der Waals surface area contributed by atoms with Crippen molar-refractivity contribution in [3.63, 3.8) is 0 Å². The Bertz CT molecular complexity index is 1090. The maximum absolute atomic E-state index is 13.2. The minimum atomic E-state index is -0.253. The van der Waals surface area contributed by atoms with E-state index >= 15 is 0 Å². The van der Waals surface area contributed by atoms with Gasteiger partial charge in [-0.2, -0.15) is 0 Å².